The molecule has 0 aliphatic carbocycles. The van der Waals surface area contributed by atoms with Gasteiger partial charge in [0.05, 0.1) is 0 Å². The zero-order chi connectivity index (χ0) is 15.9. The molecule has 2 N–H and O–H groups in total. The Hall–Kier alpha value is -2.54. The molecule has 0 bridgehead atoms. The maximum absolute atomic E-state index is 5.57. The highest BCUT2D eigenvalue weighted by molar-refractivity contribution is 5.60. The largest absolute Gasteiger partial charge is 0.486 e. The third-order valence-electron chi connectivity index (χ3n) is 3.29. The van der Waals surface area contributed by atoms with Gasteiger partial charge in [-0.2, -0.15) is 4.98 Å². The monoisotopic (exact) mass is 316 g/mol. The summed E-state index contributed by atoms with van der Waals surface area (Å²) < 4.78 is 16.1. The second-order valence-electron chi connectivity index (χ2n) is 5.02. The van der Waals surface area contributed by atoms with Crippen LogP contribution in [0.15, 0.2) is 30.5 Å². The van der Waals surface area contributed by atoms with Crippen molar-refractivity contribution in [3.63, 3.8) is 0 Å². The maximum Gasteiger partial charge on any atom is 0.229 e. The molecule has 1 aliphatic heterocycles. The van der Waals surface area contributed by atoms with Gasteiger partial charge < -0.3 is 24.8 Å². The van der Waals surface area contributed by atoms with Crippen molar-refractivity contribution in [2.45, 2.75) is 6.42 Å². The summed E-state index contributed by atoms with van der Waals surface area (Å²) in [6, 6.07) is 7.51. The molecule has 2 heterocycles. The third kappa shape index (κ3) is 4.23. The van der Waals surface area contributed by atoms with E-state index >= 15 is 0 Å². The standard InChI is InChI=1S/C16H20N4O3/c1-21-8-2-6-17-15-5-7-18-16(20-15)19-12-3-4-13-14(11-12)23-10-9-22-13/h3-5,7,11H,2,6,8-10H2,1H3,(H2,17,18,19,20). The van der Waals surface area contributed by atoms with Crippen molar-refractivity contribution >= 4 is 17.5 Å². The molecule has 3 rings (SSSR count). The number of nitrogens with zero attached hydrogens (tertiary/aromatic N) is 2. The Morgan fingerprint density at radius 2 is 2.04 bits per heavy atom. The molecule has 1 aliphatic rings. The number of anilines is 3. The summed E-state index contributed by atoms with van der Waals surface area (Å²) in [5.41, 5.74) is 0.853. The Morgan fingerprint density at radius 3 is 2.91 bits per heavy atom. The predicted molar refractivity (Wildman–Crippen MR) is 87.7 cm³/mol. The van der Waals surface area contributed by atoms with E-state index in [9.17, 15) is 0 Å². The van der Waals surface area contributed by atoms with Gasteiger partial charge in [0, 0.05) is 38.2 Å². The van der Waals surface area contributed by atoms with E-state index in [4.69, 9.17) is 14.2 Å². The fraction of sp³-hybridized carbons (Fsp3) is 0.375. The summed E-state index contributed by atoms with van der Waals surface area (Å²) in [5, 5.41) is 6.41. The van der Waals surface area contributed by atoms with Crippen molar-refractivity contribution in [1.29, 1.82) is 0 Å². The summed E-state index contributed by atoms with van der Waals surface area (Å²) in [7, 11) is 1.69. The number of hydrogen-bond donors (Lipinski definition) is 2. The van der Waals surface area contributed by atoms with Gasteiger partial charge in [-0.3, -0.25) is 0 Å². The van der Waals surface area contributed by atoms with E-state index in [1.165, 1.54) is 0 Å². The molecule has 1 aromatic carbocycles. The summed E-state index contributed by atoms with van der Waals surface area (Å²) >= 11 is 0. The van der Waals surface area contributed by atoms with Crippen molar-refractivity contribution in [3.8, 4) is 11.5 Å². The van der Waals surface area contributed by atoms with E-state index in [1.807, 2.05) is 24.3 Å². The highest BCUT2D eigenvalue weighted by atomic mass is 16.6. The van der Waals surface area contributed by atoms with E-state index in [0.29, 0.717) is 19.2 Å². The lowest BCUT2D eigenvalue weighted by Crippen LogP contribution is -2.15. The number of benzene rings is 1. The third-order valence-corrected chi connectivity index (χ3v) is 3.29. The van der Waals surface area contributed by atoms with Gasteiger partial charge in [-0.15, -0.1) is 0 Å². The summed E-state index contributed by atoms with van der Waals surface area (Å²) in [4.78, 5) is 8.66. The fourth-order valence-electron chi connectivity index (χ4n) is 2.20. The highest BCUT2D eigenvalue weighted by Gasteiger charge is 2.12. The van der Waals surface area contributed by atoms with Gasteiger partial charge in [-0.25, -0.2) is 4.98 Å². The number of ether oxygens (including phenoxy) is 3. The number of fused-ring (bicyclic) bond motifs is 1. The molecule has 0 unspecified atom stereocenters. The number of hydrogen-bond acceptors (Lipinski definition) is 7. The van der Waals surface area contributed by atoms with Gasteiger partial charge >= 0.3 is 0 Å². The minimum atomic E-state index is 0.526. The highest BCUT2D eigenvalue weighted by Crippen LogP contribution is 2.33. The summed E-state index contributed by atoms with van der Waals surface area (Å²) in [6.07, 6.45) is 2.64. The minimum Gasteiger partial charge on any atom is -0.486 e. The summed E-state index contributed by atoms with van der Waals surface area (Å²) in [6.45, 7) is 2.67. The number of aromatic nitrogens is 2. The molecule has 122 valence electrons. The maximum atomic E-state index is 5.57. The Labute approximate surface area is 135 Å². The zero-order valence-corrected chi connectivity index (χ0v) is 13.0. The van der Waals surface area contributed by atoms with Gasteiger partial charge in [-0.05, 0) is 24.6 Å². The van der Waals surface area contributed by atoms with Gasteiger partial charge in [0.15, 0.2) is 11.5 Å². The van der Waals surface area contributed by atoms with Crippen molar-refractivity contribution in [3.05, 3.63) is 30.5 Å². The number of methoxy groups -OCH3 is 1. The van der Waals surface area contributed by atoms with Crippen molar-refractivity contribution in [2.24, 2.45) is 0 Å². The molecular formula is C16H20N4O3. The number of nitrogens with one attached hydrogen (secondary N) is 2. The van der Waals surface area contributed by atoms with E-state index in [-0.39, 0.29) is 0 Å². The van der Waals surface area contributed by atoms with Crippen LogP contribution in [0.4, 0.5) is 17.5 Å². The first-order valence-electron chi connectivity index (χ1n) is 7.58. The normalized spacial score (nSPS) is 12.7. The first-order chi connectivity index (χ1) is 11.3. The van der Waals surface area contributed by atoms with E-state index in [0.717, 1.165) is 42.6 Å². The van der Waals surface area contributed by atoms with Crippen LogP contribution in [0, 0.1) is 0 Å². The average Bonchev–Trinajstić information content (AvgIpc) is 2.59. The molecular weight excluding hydrogens is 296 g/mol. The van der Waals surface area contributed by atoms with Crippen molar-refractivity contribution in [2.75, 3.05) is 44.1 Å². The van der Waals surface area contributed by atoms with Crippen LogP contribution >= 0.6 is 0 Å². The zero-order valence-electron chi connectivity index (χ0n) is 13.0. The smallest absolute Gasteiger partial charge is 0.229 e. The van der Waals surface area contributed by atoms with Crippen LogP contribution in [0.1, 0.15) is 6.42 Å². The van der Waals surface area contributed by atoms with Gasteiger partial charge in [0.25, 0.3) is 0 Å². The van der Waals surface area contributed by atoms with Crippen molar-refractivity contribution < 1.29 is 14.2 Å². The lowest BCUT2D eigenvalue weighted by atomic mass is 10.2. The quantitative estimate of drug-likeness (QED) is 0.760. The number of rotatable bonds is 7. The second-order valence-corrected chi connectivity index (χ2v) is 5.02. The first kappa shape index (κ1) is 15.4. The molecule has 0 atom stereocenters. The molecule has 0 amide bonds. The van der Waals surface area contributed by atoms with Gasteiger partial charge in [0.1, 0.15) is 19.0 Å². The first-order valence-corrected chi connectivity index (χ1v) is 7.58. The van der Waals surface area contributed by atoms with E-state index in [1.54, 1.807) is 13.3 Å². The Balaban J connectivity index is 1.63. The van der Waals surface area contributed by atoms with Crippen LogP contribution < -0.4 is 20.1 Å². The van der Waals surface area contributed by atoms with Crippen LogP contribution in [0.5, 0.6) is 11.5 Å². The predicted octanol–water partition coefficient (Wildman–Crippen LogP) is 2.44. The van der Waals surface area contributed by atoms with E-state index in [2.05, 4.69) is 20.6 Å². The van der Waals surface area contributed by atoms with Crippen LogP contribution in [-0.2, 0) is 4.74 Å². The molecule has 7 nitrogen and oxygen atoms in total. The molecule has 23 heavy (non-hydrogen) atoms. The topological polar surface area (TPSA) is 77.5 Å². The van der Waals surface area contributed by atoms with Crippen LogP contribution in [0.3, 0.4) is 0 Å². The molecule has 2 aromatic rings. The molecule has 0 saturated heterocycles. The average molecular weight is 316 g/mol. The molecule has 7 heteroatoms. The molecule has 0 radical (unpaired) electrons. The van der Waals surface area contributed by atoms with Crippen LogP contribution in [0.2, 0.25) is 0 Å². The molecule has 0 saturated carbocycles. The van der Waals surface area contributed by atoms with Gasteiger partial charge in [-0.1, -0.05) is 0 Å². The SMILES string of the molecule is COCCCNc1ccnc(Nc2ccc3c(c2)OCCO3)n1. The Kier molecular flexibility index (Phi) is 5.10. The van der Waals surface area contributed by atoms with Crippen LogP contribution in [0.25, 0.3) is 0 Å². The van der Waals surface area contributed by atoms with Crippen molar-refractivity contribution in [1.82, 2.24) is 9.97 Å². The lowest BCUT2D eigenvalue weighted by molar-refractivity contribution is 0.171. The molecule has 1 aromatic heterocycles. The minimum absolute atomic E-state index is 0.526. The van der Waals surface area contributed by atoms with Gasteiger partial charge in [0.2, 0.25) is 5.95 Å². The summed E-state index contributed by atoms with van der Waals surface area (Å²) in [5.74, 6) is 2.79. The lowest BCUT2D eigenvalue weighted by Gasteiger charge is -2.19. The Morgan fingerprint density at radius 1 is 1.17 bits per heavy atom. The van der Waals surface area contributed by atoms with E-state index < -0.39 is 0 Å². The van der Waals surface area contributed by atoms with Crippen LogP contribution in [-0.4, -0.2) is 43.4 Å². The molecule has 0 fully saturated rings. The fourth-order valence-corrected chi connectivity index (χ4v) is 2.20. The molecule has 0 spiro atoms. The second kappa shape index (κ2) is 7.64. The Bertz CT molecular complexity index is 651.